The van der Waals surface area contributed by atoms with Gasteiger partial charge in [-0.15, -0.1) is 0 Å². The van der Waals surface area contributed by atoms with E-state index in [1.54, 1.807) is 6.07 Å². The second-order valence-corrected chi connectivity index (χ2v) is 7.17. The highest BCUT2D eigenvalue weighted by Crippen LogP contribution is 2.39. The van der Waals surface area contributed by atoms with E-state index in [1.165, 1.54) is 0 Å². The highest BCUT2D eigenvalue weighted by atomic mass is 14.2. The molecule has 0 fully saturated rings. The molecule has 0 heterocycles. The zero-order valence-corrected chi connectivity index (χ0v) is 15.9. The molecule has 0 amide bonds. The third kappa shape index (κ3) is 2.69. The topological polar surface area (TPSA) is 0 Å². The maximum Gasteiger partial charge on any atom is 0.0636 e. The van der Waals surface area contributed by atoms with Crippen LogP contribution >= 0.6 is 0 Å². The summed E-state index contributed by atoms with van der Waals surface area (Å²) in [6, 6.07) is 20.5. The Morgan fingerprint density at radius 2 is 1.10 bits per heavy atom. The first-order chi connectivity index (χ1) is 18.2. The van der Waals surface area contributed by atoms with Gasteiger partial charge < -0.3 is 0 Å². The molecule has 30 heavy (non-hydrogen) atoms. The summed E-state index contributed by atoms with van der Waals surface area (Å²) in [5.74, 6) is 0. The lowest BCUT2D eigenvalue weighted by molar-refractivity contribution is 1.62. The van der Waals surface area contributed by atoms with Crippen LogP contribution in [0.15, 0.2) is 121 Å². The van der Waals surface area contributed by atoms with Crippen molar-refractivity contribution in [2.24, 2.45) is 0 Å². The Hall–Kier alpha value is -3.90. The summed E-state index contributed by atoms with van der Waals surface area (Å²) in [4.78, 5) is 0. The van der Waals surface area contributed by atoms with E-state index in [0.717, 1.165) is 21.9 Å². The maximum atomic E-state index is 8.92. The Balaban J connectivity index is 1.81. The molecule has 0 N–H and O–H groups in total. The first-order valence-electron chi connectivity index (χ1n) is 13.7. The molecule has 6 rings (SSSR count). The number of rotatable bonds is 2. The lowest BCUT2D eigenvalue weighted by Gasteiger charge is -2.15. The summed E-state index contributed by atoms with van der Waals surface area (Å²) >= 11 is 0. The molecule has 0 aliphatic heterocycles. The summed E-state index contributed by atoms with van der Waals surface area (Å²) in [6.07, 6.45) is 0. The van der Waals surface area contributed by atoms with Crippen molar-refractivity contribution in [3.8, 4) is 22.3 Å². The zero-order chi connectivity index (χ0) is 26.9. The Morgan fingerprint density at radius 3 is 2.00 bits per heavy atom. The monoisotopic (exact) mass is 388 g/mol. The van der Waals surface area contributed by atoms with Gasteiger partial charge in [0.05, 0.1) is 11.0 Å². The molecule has 0 nitrogen and oxygen atoms in total. The molecule has 0 spiro atoms. The number of fused-ring (bicyclic) bond motifs is 3. The Morgan fingerprint density at radius 1 is 0.433 bits per heavy atom. The second kappa shape index (κ2) is 6.86. The minimum atomic E-state index is -0.452. The fourth-order valence-corrected chi connectivity index (χ4v) is 4.07. The van der Waals surface area contributed by atoms with Crippen molar-refractivity contribution in [1.29, 1.82) is 0 Å². The van der Waals surface area contributed by atoms with Gasteiger partial charge in [0.1, 0.15) is 0 Å². The molecule has 0 aliphatic rings. The van der Waals surface area contributed by atoms with Crippen LogP contribution in [0, 0.1) is 0 Å². The third-order valence-electron chi connectivity index (χ3n) is 5.45. The van der Waals surface area contributed by atoms with Crippen molar-refractivity contribution in [2.45, 2.75) is 0 Å². The van der Waals surface area contributed by atoms with Crippen LogP contribution < -0.4 is 0 Å². The molecule has 6 aromatic rings. The summed E-state index contributed by atoms with van der Waals surface area (Å²) in [5.41, 5.74) is 2.75. The van der Waals surface area contributed by atoms with Gasteiger partial charge in [-0.05, 0) is 66.7 Å². The summed E-state index contributed by atoms with van der Waals surface area (Å²) in [7, 11) is 0. The second-order valence-electron chi connectivity index (χ2n) is 7.17. The van der Waals surface area contributed by atoms with E-state index in [4.69, 9.17) is 11.0 Å². The molecule has 0 radical (unpaired) electrons. The number of hydrogen-bond acceptors (Lipinski definition) is 0. The fourth-order valence-electron chi connectivity index (χ4n) is 4.07. The molecular weight excluding hydrogens is 360 g/mol. The molecule has 0 aromatic heterocycles. The first kappa shape index (κ1) is 10.8. The van der Waals surface area contributed by atoms with Gasteiger partial charge in [-0.1, -0.05) is 109 Å². The Kier molecular flexibility index (Phi) is 2.46. The zero-order valence-electron chi connectivity index (χ0n) is 23.9. The quantitative estimate of drug-likeness (QED) is 0.261. The van der Waals surface area contributed by atoms with Crippen LogP contribution in [0.5, 0.6) is 0 Å². The number of hydrogen-bond donors (Lipinski definition) is 0. The van der Waals surface area contributed by atoms with E-state index in [-0.39, 0.29) is 52.4 Å². The van der Waals surface area contributed by atoms with Gasteiger partial charge in [-0.3, -0.25) is 0 Å². The largest absolute Gasteiger partial charge is 0.0636 e. The third-order valence-corrected chi connectivity index (χ3v) is 5.45. The number of benzene rings is 6. The highest BCUT2D eigenvalue weighted by Gasteiger charge is 2.12. The summed E-state index contributed by atoms with van der Waals surface area (Å²) < 4.78 is 68.1. The molecule has 0 unspecified atom stereocenters. The summed E-state index contributed by atoms with van der Waals surface area (Å²) in [5, 5.41) is 2.64. The van der Waals surface area contributed by atoms with Crippen LogP contribution in [0.4, 0.5) is 0 Å². The van der Waals surface area contributed by atoms with E-state index in [1.807, 2.05) is 66.7 Å². The molecule has 140 valence electrons. The maximum absolute atomic E-state index is 8.92. The van der Waals surface area contributed by atoms with Gasteiger partial charge >= 0.3 is 0 Å². The highest BCUT2D eigenvalue weighted by molar-refractivity contribution is 6.08. The molecular formula is C30H20. The SMILES string of the molecule is [2H]c1c([2H])c([2H])c2c([2H])c3c([2H])c([2H])c([2H])c(-c4ccccc4-c4cccc5ccccc45)c3cc2c1[2H]. The minimum Gasteiger partial charge on any atom is -0.0616 e. The minimum absolute atomic E-state index is 0.00224. The van der Waals surface area contributed by atoms with Crippen LogP contribution in [0.3, 0.4) is 0 Å². The average molecular weight is 389 g/mol. The molecule has 0 heteroatoms. The predicted octanol–water partition coefficient (Wildman–Crippen LogP) is 8.48. The van der Waals surface area contributed by atoms with Crippen molar-refractivity contribution < 1.29 is 11.0 Å². The van der Waals surface area contributed by atoms with E-state index in [2.05, 4.69) is 0 Å². The van der Waals surface area contributed by atoms with Crippen LogP contribution in [-0.2, 0) is 0 Å². The van der Waals surface area contributed by atoms with Crippen LogP contribution in [0.2, 0.25) is 0 Å². The first-order valence-corrected chi connectivity index (χ1v) is 9.73. The average Bonchev–Trinajstić information content (AvgIpc) is 2.93. The van der Waals surface area contributed by atoms with Crippen LogP contribution in [-0.4, -0.2) is 0 Å². The molecule has 0 bridgehead atoms. The Bertz CT molecular complexity index is 1950. The molecule has 0 atom stereocenters. The van der Waals surface area contributed by atoms with Gasteiger partial charge in [0.15, 0.2) is 0 Å². The lowest BCUT2D eigenvalue weighted by Crippen LogP contribution is -1.88. The van der Waals surface area contributed by atoms with Gasteiger partial charge in [0.2, 0.25) is 0 Å². The van der Waals surface area contributed by atoms with Gasteiger partial charge in [0, 0.05) is 0 Å². The molecule has 0 saturated heterocycles. The van der Waals surface area contributed by atoms with Crippen molar-refractivity contribution in [2.75, 3.05) is 0 Å². The van der Waals surface area contributed by atoms with E-state index >= 15 is 0 Å². The lowest BCUT2D eigenvalue weighted by atomic mass is 9.89. The normalized spacial score (nSPS) is 15.1. The molecule has 0 saturated carbocycles. The Labute approximate surface area is 187 Å². The van der Waals surface area contributed by atoms with E-state index < -0.39 is 12.1 Å². The fraction of sp³-hybridized carbons (Fsp3) is 0. The van der Waals surface area contributed by atoms with Crippen molar-refractivity contribution in [3.63, 3.8) is 0 Å². The van der Waals surface area contributed by atoms with Crippen LogP contribution in [0.1, 0.15) is 11.0 Å². The predicted molar refractivity (Wildman–Crippen MR) is 130 cm³/mol. The van der Waals surface area contributed by atoms with E-state index in [0.29, 0.717) is 16.5 Å². The van der Waals surface area contributed by atoms with Gasteiger partial charge in [-0.25, -0.2) is 0 Å². The van der Waals surface area contributed by atoms with Gasteiger partial charge in [-0.2, -0.15) is 0 Å². The van der Waals surface area contributed by atoms with Gasteiger partial charge in [0.25, 0.3) is 0 Å². The van der Waals surface area contributed by atoms with Crippen molar-refractivity contribution >= 4 is 32.3 Å². The summed E-state index contributed by atoms with van der Waals surface area (Å²) in [6.45, 7) is 0. The smallest absolute Gasteiger partial charge is 0.0616 e. The standard InChI is InChI=1S/C30H20/c1-2-11-23-20-30-24(19-22(23)10-1)13-8-18-29(30)28-16-6-5-15-27(28)26-17-7-12-21-9-3-4-14-25(21)26/h1-20H/i1D,2D,8D,10D,11D,13D,18D,19D. The van der Waals surface area contributed by atoms with Crippen molar-refractivity contribution in [3.05, 3.63) is 121 Å². The molecule has 0 aliphatic carbocycles. The van der Waals surface area contributed by atoms with Crippen LogP contribution in [0.25, 0.3) is 54.6 Å². The van der Waals surface area contributed by atoms with E-state index in [9.17, 15) is 0 Å². The van der Waals surface area contributed by atoms with Crippen molar-refractivity contribution in [1.82, 2.24) is 0 Å². The molecule has 6 aromatic carbocycles.